The van der Waals surface area contributed by atoms with Crippen LogP contribution in [0.15, 0.2) is 34.1 Å². The second kappa shape index (κ2) is 15.3. The Kier molecular flexibility index (Phi) is 11.6. The highest BCUT2D eigenvalue weighted by molar-refractivity contribution is 7.47. The second-order valence-corrected chi connectivity index (χ2v) is 12.6. The Bertz CT molecular complexity index is 1560. The van der Waals surface area contributed by atoms with Gasteiger partial charge in [0.1, 0.15) is 60.7 Å². The van der Waals surface area contributed by atoms with E-state index in [0.29, 0.717) is 0 Å². The summed E-state index contributed by atoms with van der Waals surface area (Å²) in [5.74, 6) is 0.0142. The molecule has 3 fully saturated rings. The van der Waals surface area contributed by atoms with Gasteiger partial charge in [-0.05, 0) is 12.1 Å². The van der Waals surface area contributed by atoms with Crippen LogP contribution in [0, 0.1) is 0 Å². The molecule has 3 aliphatic rings. The number of anilines is 2. The van der Waals surface area contributed by atoms with Crippen molar-refractivity contribution in [3.05, 3.63) is 45.5 Å². The zero-order chi connectivity index (χ0) is 34.7. The van der Waals surface area contributed by atoms with Crippen molar-refractivity contribution in [3.8, 4) is 0 Å². The number of aromatic nitrogens is 4. The predicted molar refractivity (Wildman–Crippen MR) is 155 cm³/mol. The molecule has 5 heterocycles. The molecule has 0 radical (unpaired) electrons. The average molecular weight is 709 g/mol. The van der Waals surface area contributed by atoms with E-state index in [1.54, 1.807) is 0 Å². The minimum atomic E-state index is -5.07. The molecular weight excluding hydrogens is 671 g/mol. The van der Waals surface area contributed by atoms with Crippen LogP contribution in [0.2, 0.25) is 0 Å². The molecule has 268 valence electrons. The van der Waals surface area contributed by atoms with Gasteiger partial charge >= 0.3 is 19.2 Å². The van der Waals surface area contributed by atoms with Crippen molar-refractivity contribution < 1.29 is 67.7 Å². The maximum atomic E-state index is 12.7. The summed E-state index contributed by atoms with van der Waals surface area (Å²) in [6.45, 7) is -2.43. The lowest BCUT2D eigenvalue weighted by atomic mass is 9.99. The van der Waals surface area contributed by atoms with Gasteiger partial charge in [0, 0.05) is 25.2 Å². The van der Waals surface area contributed by atoms with Gasteiger partial charge < -0.3 is 65.6 Å². The number of nitrogens with zero attached hydrogens (tertiary/aromatic N) is 4. The number of aliphatic hydroxyl groups is 5. The molecule has 0 amide bonds. The Hall–Kier alpha value is -2.93. The van der Waals surface area contributed by atoms with E-state index >= 15 is 0 Å². The van der Waals surface area contributed by atoms with Crippen LogP contribution in [0.1, 0.15) is 25.3 Å². The summed E-state index contributed by atoms with van der Waals surface area (Å²) >= 11 is 0. The molecule has 0 aliphatic carbocycles. The van der Waals surface area contributed by atoms with Gasteiger partial charge in [-0.1, -0.05) is 0 Å². The third-order valence-corrected chi connectivity index (χ3v) is 8.76. The fourth-order valence-corrected chi connectivity index (χ4v) is 6.14. The van der Waals surface area contributed by atoms with Crippen LogP contribution in [-0.2, 0) is 37.3 Å². The minimum Gasteiger partial charge on any atom is -0.394 e. The molecule has 2 aromatic heterocycles. The summed E-state index contributed by atoms with van der Waals surface area (Å²) in [6, 6.07) is 2.76. The summed E-state index contributed by atoms with van der Waals surface area (Å²) in [5.41, 5.74) is 9.59. The number of hydrogen-bond donors (Lipinski definition) is 8. The highest BCUT2D eigenvalue weighted by Gasteiger charge is 2.49. The fourth-order valence-electron chi connectivity index (χ4n) is 5.32. The van der Waals surface area contributed by atoms with Crippen LogP contribution >= 0.6 is 7.82 Å². The molecule has 0 spiro atoms. The molecule has 0 aromatic carbocycles. The Morgan fingerprint density at radius 1 is 0.854 bits per heavy atom. The number of aliphatic hydroxyl groups excluding tert-OH is 5. The van der Waals surface area contributed by atoms with E-state index in [-0.39, 0.29) is 31.1 Å². The molecule has 0 bridgehead atoms. The standard InChI is InChI=1S/C25H37N6O16P/c26-16-1-3-30(24(37)28-16)18-5-11(33)14(44-18)8-41-10-43-48(39,40)47-22-20(35)13(7-32)46-23(21(22)36)42-9-15-12(34)6-19(45-15)31-4-2-17(27)29-25(31)38/h1-4,11-15,18-23,32-36H,5-10H2,(H,39,40)(H2,26,28,37)(H2,27,29,38). The van der Waals surface area contributed by atoms with E-state index in [2.05, 4.69) is 9.97 Å². The maximum absolute atomic E-state index is 12.7. The van der Waals surface area contributed by atoms with Crippen LogP contribution in [0.5, 0.6) is 0 Å². The molecule has 23 heteroatoms. The van der Waals surface area contributed by atoms with Crippen molar-refractivity contribution in [1.82, 2.24) is 19.1 Å². The summed E-state index contributed by atoms with van der Waals surface area (Å²) < 4.78 is 52.2. The second-order valence-electron chi connectivity index (χ2n) is 11.1. The molecule has 10 N–H and O–H groups in total. The molecule has 48 heavy (non-hydrogen) atoms. The number of phosphoric ester groups is 1. The zero-order valence-corrected chi connectivity index (χ0v) is 26.0. The maximum Gasteiger partial charge on any atom is 0.474 e. The third kappa shape index (κ3) is 8.43. The molecular formula is C25H37N6O16P. The van der Waals surface area contributed by atoms with Crippen LogP contribution in [0.25, 0.3) is 0 Å². The van der Waals surface area contributed by atoms with Crippen molar-refractivity contribution in [1.29, 1.82) is 0 Å². The monoisotopic (exact) mass is 708 g/mol. The van der Waals surface area contributed by atoms with Gasteiger partial charge in [-0.15, -0.1) is 0 Å². The van der Waals surface area contributed by atoms with Crippen molar-refractivity contribution >= 4 is 19.5 Å². The van der Waals surface area contributed by atoms with E-state index in [0.717, 1.165) is 9.13 Å². The summed E-state index contributed by atoms with van der Waals surface area (Å²) in [6.07, 6.45) is -12.0. The Balaban J connectivity index is 1.11. The molecule has 22 nitrogen and oxygen atoms in total. The zero-order valence-electron chi connectivity index (χ0n) is 25.1. The Labute approximate surface area is 270 Å². The quantitative estimate of drug-likeness (QED) is 0.0557. The lowest BCUT2D eigenvalue weighted by molar-refractivity contribution is -0.304. The number of phosphoric acid groups is 1. The van der Waals surface area contributed by atoms with Gasteiger partial charge in [0.15, 0.2) is 13.1 Å². The summed E-state index contributed by atoms with van der Waals surface area (Å²) in [4.78, 5) is 41.7. The number of nitrogen functional groups attached to an aromatic ring is 2. The van der Waals surface area contributed by atoms with Crippen molar-refractivity contribution in [2.75, 3.05) is 38.1 Å². The highest BCUT2D eigenvalue weighted by atomic mass is 31.2. The van der Waals surface area contributed by atoms with Crippen molar-refractivity contribution in [2.45, 2.75) is 80.4 Å². The first kappa shape index (κ1) is 36.4. The molecule has 3 aliphatic heterocycles. The Morgan fingerprint density at radius 3 is 1.92 bits per heavy atom. The first-order valence-corrected chi connectivity index (χ1v) is 16.1. The normalized spacial score (nSPS) is 35.1. The molecule has 2 aromatic rings. The van der Waals surface area contributed by atoms with Gasteiger partial charge in [-0.3, -0.25) is 18.2 Å². The van der Waals surface area contributed by atoms with Gasteiger partial charge in [0.05, 0.1) is 32.0 Å². The van der Waals surface area contributed by atoms with E-state index in [1.807, 2.05) is 0 Å². The Morgan fingerprint density at radius 2 is 1.40 bits per heavy atom. The smallest absolute Gasteiger partial charge is 0.394 e. The van der Waals surface area contributed by atoms with E-state index < -0.39 is 107 Å². The van der Waals surface area contributed by atoms with Crippen molar-refractivity contribution in [2.24, 2.45) is 0 Å². The van der Waals surface area contributed by atoms with Crippen LogP contribution in [-0.4, -0.2) is 131 Å². The third-order valence-electron chi connectivity index (χ3n) is 7.81. The van der Waals surface area contributed by atoms with Gasteiger partial charge in [-0.2, -0.15) is 9.97 Å². The highest BCUT2D eigenvalue weighted by Crippen LogP contribution is 2.47. The van der Waals surface area contributed by atoms with Gasteiger partial charge in [0.25, 0.3) is 0 Å². The molecule has 0 saturated carbocycles. The predicted octanol–water partition coefficient (Wildman–Crippen LogP) is -4.11. The summed E-state index contributed by atoms with van der Waals surface area (Å²) in [5, 5.41) is 51.9. The van der Waals surface area contributed by atoms with Gasteiger partial charge in [-0.25, -0.2) is 14.2 Å². The lowest BCUT2D eigenvalue weighted by Gasteiger charge is -2.41. The number of ether oxygens (including phenoxy) is 5. The van der Waals surface area contributed by atoms with Crippen LogP contribution < -0.4 is 22.8 Å². The van der Waals surface area contributed by atoms with E-state index in [4.69, 9.17) is 44.2 Å². The van der Waals surface area contributed by atoms with E-state index in [9.17, 15) is 44.6 Å². The molecule has 3 saturated heterocycles. The van der Waals surface area contributed by atoms with Crippen LogP contribution in [0.3, 0.4) is 0 Å². The topological polar surface area (TPSA) is 325 Å². The van der Waals surface area contributed by atoms with Gasteiger partial charge in [0.2, 0.25) is 0 Å². The molecule has 12 atom stereocenters. The summed E-state index contributed by atoms with van der Waals surface area (Å²) in [7, 11) is -5.07. The fraction of sp³-hybridized carbons (Fsp3) is 0.680. The minimum absolute atomic E-state index is 0.00140. The lowest BCUT2D eigenvalue weighted by Crippen LogP contribution is -2.60. The molecule has 5 rings (SSSR count). The molecule has 12 unspecified atom stereocenters. The largest absolute Gasteiger partial charge is 0.474 e. The number of hydrogen-bond acceptors (Lipinski definition) is 19. The van der Waals surface area contributed by atoms with Crippen LogP contribution in [0.4, 0.5) is 11.6 Å². The van der Waals surface area contributed by atoms with E-state index in [1.165, 1.54) is 24.5 Å². The first-order chi connectivity index (χ1) is 22.8. The SMILES string of the molecule is Nc1ccn(C2CC(O)C(COCOP(=O)(O)OC3C(O)C(CO)OC(OCC4OC(n5ccc(N)nc5=O)CC4O)C3O)O2)c(=O)n1. The number of rotatable bonds is 13. The number of nitrogens with two attached hydrogens (primary N) is 2. The first-order valence-electron chi connectivity index (χ1n) is 14.6. The average Bonchev–Trinajstić information content (AvgIpc) is 3.58. The van der Waals surface area contributed by atoms with Crippen molar-refractivity contribution in [3.63, 3.8) is 0 Å².